The van der Waals surface area contributed by atoms with Crippen LogP contribution in [0, 0.1) is 0 Å². The van der Waals surface area contributed by atoms with E-state index < -0.39 is 0 Å². The molecule has 1 amide bonds. The highest BCUT2D eigenvalue weighted by Crippen LogP contribution is 2.31. The SMILES string of the molecule is COc1ccccc1Oc1ccc(NC(=O)c2ccccc2)cc1. The third kappa shape index (κ3) is 3.73. The van der Waals surface area contributed by atoms with Gasteiger partial charge in [-0.3, -0.25) is 4.79 Å². The van der Waals surface area contributed by atoms with E-state index in [0.717, 1.165) is 0 Å². The molecule has 0 aromatic heterocycles. The largest absolute Gasteiger partial charge is 0.493 e. The zero-order valence-corrected chi connectivity index (χ0v) is 13.2. The number of amides is 1. The number of benzene rings is 3. The molecule has 0 fully saturated rings. The highest BCUT2D eigenvalue weighted by Gasteiger charge is 2.07. The first-order valence-electron chi connectivity index (χ1n) is 7.53. The molecule has 4 nitrogen and oxygen atoms in total. The zero-order chi connectivity index (χ0) is 16.8. The van der Waals surface area contributed by atoms with Gasteiger partial charge >= 0.3 is 0 Å². The van der Waals surface area contributed by atoms with Crippen LogP contribution in [0.3, 0.4) is 0 Å². The number of hydrogen-bond donors (Lipinski definition) is 1. The van der Waals surface area contributed by atoms with Gasteiger partial charge in [0.15, 0.2) is 11.5 Å². The van der Waals surface area contributed by atoms with Gasteiger partial charge in [0.1, 0.15) is 5.75 Å². The molecule has 3 aromatic carbocycles. The number of hydrogen-bond acceptors (Lipinski definition) is 3. The van der Waals surface area contributed by atoms with Gasteiger partial charge in [-0.15, -0.1) is 0 Å². The van der Waals surface area contributed by atoms with Crippen LogP contribution in [-0.2, 0) is 0 Å². The maximum absolute atomic E-state index is 12.1. The molecule has 0 aliphatic heterocycles. The van der Waals surface area contributed by atoms with Crippen LogP contribution in [-0.4, -0.2) is 13.0 Å². The Bertz CT molecular complexity index is 814. The van der Waals surface area contributed by atoms with Crippen LogP contribution >= 0.6 is 0 Å². The monoisotopic (exact) mass is 319 g/mol. The van der Waals surface area contributed by atoms with Gasteiger partial charge in [0, 0.05) is 11.3 Å². The maximum atomic E-state index is 12.1. The van der Waals surface area contributed by atoms with Gasteiger partial charge in [-0.1, -0.05) is 30.3 Å². The second-order valence-electron chi connectivity index (χ2n) is 5.10. The number of anilines is 1. The summed E-state index contributed by atoms with van der Waals surface area (Å²) in [6.45, 7) is 0. The second kappa shape index (κ2) is 7.33. The van der Waals surface area contributed by atoms with Crippen molar-refractivity contribution < 1.29 is 14.3 Å². The Morgan fingerprint density at radius 2 is 1.42 bits per heavy atom. The van der Waals surface area contributed by atoms with Gasteiger partial charge in [-0.05, 0) is 48.5 Å². The van der Waals surface area contributed by atoms with Crippen molar-refractivity contribution in [3.63, 3.8) is 0 Å². The maximum Gasteiger partial charge on any atom is 0.255 e. The van der Waals surface area contributed by atoms with E-state index in [4.69, 9.17) is 9.47 Å². The molecule has 3 rings (SSSR count). The molecule has 120 valence electrons. The van der Waals surface area contributed by atoms with Crippen molar-refractivity contribution >= 4 is 11.6 Å². The van der Waals surface area contributed by atoms with Crippen molar-refractivity contribution in [2.24, 2.45) is 0 Å². The molecule has 1 N–H and O–H groups in total. The van der Waals surface area contributed by atoms with E-state index in [1.807, 2.05) is 42.5 Å². The number of ether oxygens (including phenoxy) is 2. The number of carbonyl (C=O) groups excluding carboxylic acids is 1. The first-order valence-corrected chi connectivity index (χ1v) is 7.53. The molecule has 0 aliphatic carbocycles. The van der Waals surface area contributed by atoms with E-state index in [-0.39, 0.29) is 5.91 Å². The Morgan fingerprint density at radius 3 is 2.08 bits per heavy atom. The lowest BCUT2D eigenvalue weighted by Crippen LogP contribution is -2.11. The van der Waals surface area contributed by atoms with Crippen LogP contribution in [0.4, 0.5) is 5.69 Å². The van der Waals surface area contributed by atoms with Gasteiger partial charge in [-0.2, -0.15) is 0 Å². The Balaban J connectivity index is 1.68. The van der Waals surface area contributed by atoms with Crippen molar-refractivity contribution in [3.05, 3.63) is 84.4 Å². The van der Waals surface area contributed by atoms with E-state index in [1.54, 1.807) is 43.5 Å². The summed E-state index contributed by atoms with van der Waals surface area (Å²) < 4.78 is 11.1. The minimum Gasteiger partial charge on any atom is -0.493 e. The van der Waals surface area contributed by atoms with Crippen LogP contribution in [0.15, 0.2) is 78.9 Å². The summed E-state index contributed by atoms with van der Waals surface area (Å²) in [6.07, 6.45) is 0. The van der Waals surface area contributed by atoms with Crippen molar-refractivity contribution in [1.29, 1.82) is 0 Å². The summed E-state index contributed by atoms with van der Waals surface area (Å²) in [7, 11) is 1.60. The molecule has 24 heavy (non-hydrogen) atoms. The summed E-state index contributed by atoms with van der Waals surface area (Å²) in [6, 6.07) is 23.7. The number of nitrogens with one attached hydrogen (secondary N) is 1. The molecule has 0 atom stereocenters. The van der Waals surface area contributed by atoms with Crippen LogP contribution in [0.1, 0.15) is 10.4 Å². The predicted molar refractivity (Wildman–Crippen MR) is 93.9 cm³/mol. The topological polar surface area (TPSA) is 47.6 Å². The normalized spacial score (nSPS) is 10.0. The first kappa shape index (κ1) is 15.6. The quantitative estimate of drug-likeness (QED) is 0.739. The van der Waals surface area contributed by atoms with Crippen LogP contribution in [0.5, 0.6) is 17.2 Å². The lowest BCUT2D eigenvalue weighted by Gasteiger charge is -2.11. The third-order valence-electron chi connectivity index (χ3n) is 3.45. The fourth-order valence-corrected chi connectivity index (χ4v) is 2.23. The molecule has 0 saturated carbocycles. The summed E-state index contributed by atoms with van der Waals surface area (Å²) >= 11 is 0. The molecular weight excluding hydrogens is 302 g/mol. The summed E-state index contributed by atoms with van der Waals surface area (Å²) in [5.41, 5.74) is 1.32. The minimum absolute atomic E-state index is 0.144. The Hall–Kier alpha value is -3.27. The third-order valence-corrected chi connectivity index (χ3v) is 3.45. The van der Waals surface area contributed by atoms with Crippen LogP contribution in [0.2, 0.25) is 0 Å². The Kier molecular flexibility index (Phi) is 4.77. The zero-order valence-electron chi connectivity index (χ0n) is 13.2. The Labute approximate surface area is 140 Å². The van der Waals surface area contributed by atoms with E-state index >= 15 is 0 Å². The molecule has 0 heterocycles. The first-order chi connectivity index (χ1) is 11.8. The molecule has 0 radical (unpaired) electrons. The standard InChI is InChI=1S/C20H17NO3/c1-23-18-9-5-6-10-19(18)24-17-13-11-16(12-14-17)21-20(22)15-7-3-2-4-8-15/h2-14H,1H3,(H,21,22). The molecule has 0 bridgehead atoms. The van der Waals surface area contributed by atoms with E-state index in [0.29, 0.717) is 28.5 Å². The summed E-state index contributed by atoms with van der Waals surface area (Å²) in [5, 5.41) is 2.85. The average Bonchev–Trinajstić information content (AvgIpc) is 2.64. The number of methoxy groups -OCH3 is 1. The smallest absolute Gasteiger partial charge is 0.255 e. The number of para-hydroxylation sites is 2. The summed E-state index contributed by atoms with van der Waals surface area (Å²) in [4.78, 5) is 12.1. The predicted octanol–water partition coefficient (Wildman–Crippen LogP) is 4.74. The second-order valence-corrected chi connectivity index (χ2v) is 5.10. The van der Waals surface area contributed by atoms with Crippen molar-refractivity contribution in [2.45, 2.75) is 0 Å². The van der Waals surface area contributed by atoms with Gasteiger partial charge in [-0.25, -0.2) is 0 Å². The fourth-order valence-electron chi connectivity index (χ4n) is 2.23. The molecule has 3 aromatic rings. The summed E-state index contributed by atoms with van der Waals surface area (Å²) in [5.74, 6) is 1.83. The highest BCUT2D eigenvalue weighted by atomic mass is 16.5. The van der Waals surface area contributed by atoms with Gasteiger partial charge < -0.3 is 14.8 Å². The molecule has 4 heteroatoms. The van der Waals surface area contributed by atoms with Gasteiger partial charge in [0.05, 0.1) is 7.11 Å². The van der Waals surface area contributed by atoms with Gasteiger partial charge in [0.2, 0.25) is 0 Å². The highest BCUT2D eigenvalue weighted by molar-refractivity contribution is 6.04. The number of rotatable bonds is 5. The fraction of sp³-hybridized carbons (Fsp3) is 0.0500. The molecule has 0 aliphatic rings. The molecular formula is C20H17NO3. The van der Waals surface area contributed by atoms with Gasteiger partial charge in [0.25, 0.3) is 5.91 Å². The Morgan fingerprint density at radius 1 is 0.792 bits per heavy atom. The van der Waals surface area contributed by atoms with E-state index in [2.05, 4.69) is 5.32 Å². The van der Waals surface area contributed by atoms with E-state index in [1.165, 1.54) is 0 Å². The minimum atomic E-state index is -0.144. The van der Waals surface area contributed by atoms with Crippen LogP contribution in [0.25, 0.3) is 0 Å². The van der Waals surface area contributed by atoms with Crippen molar-refractivity contribution in [1.82, 2.24) is 0 Å². The average molecular weight is 319 g/mol. The molecule has 0 spiro atoms. The molecule has 0 unspecified atom stereocenters. The van der Waals surface area contributed by atoms with Crippen LogP contribution < -0.4 is 14.8 Å². The van der Waals surface area contributed by atoms with Crippen molar-refractivity contribution in [2.75, 3.05) is 12.4 Å². The number of carbonyl (C=O) groups is 1. The lowest BCUT2D eigenvalue weighted by molar-refractivity contribution is 0.102. The van der Waals surface area contributed by atoms with E-state index in [9.17, 15) is 4.79 Å². The van der Waals surface area contributed by atoms with Crippen molar-refractivity contribution in [3.8, 4) is 17.2 Å². The molecule has 0 saturated heterocycles. The lowest BCUT2D eigenvalue weighted by atomic mass is 10.2.